The molecule has 0 saturated heterocycles. The summed E-state index contributed by atoms with van der Waals surface area (Å²) < 4.78 is 40.9. The quantitative estimate of drug-likeness (QED) is 0.239. The first-order valence-electron chi connectivity index (χ1n) is 12.8. The first-order valence-corrected chi connectivity index (χ1v) is 12.8. The highest BCUT2D eigenvalue weighted by molar-refractivity contribution is 6.04. The van der Waals surface area contributed by atoms with Crippen LogP contribution in [0, 0.1) is 0 Å². The number of tetrazole rings is 1. The standard InChI is InChI=1S/C29H20F3N9O2/c30-29(31,32)20-7-1-6-19(12-20)28(43)36-22-9-3-5-18(14-22)24-10-11-33-27-23(16-34-41(24)27)17-4-2-8-21(13-17)35-26(42)15-25-37-39-40-38-25/h1-14,16H,15H2,(H,35,42)(H,36,43)(H,37,38,39,40). The van der Waals surface area contributed by atoms with Crippen LogP contribution in [0.3, 0.4) is 0 Å². The number of anilines is 2. The van der Waals surface area contributed by atoms with Crippen LogP contribution in [-0.2, 0) is 17.4 Å². The molecule has 0 aliphatic rings. The number of benzene rings is 3. The van der Waals surface area contributed by atoms with E-state index in [0.29, 0.717) is 33.8 Å². The van der Waals surface area contributed by atoms with Crippen LogP contribution in [0.1, 0.15) is 21.7 Å². The number of aromatic amines is 1. The predicted octanol–water partition coefficient (Wildman–Crippen LogP) is 5.03. The maximum Gasteiger partial charge on any atom is 0.416 e. The molecule has 0 spiro atoms. The molecule has 14 heteroatoms. The topological polar surface area (TPSA) is 143 Å². The molecule has 0 saturated carbocycles. The van der Waals surface area contributed by atoms with Crippen LogP contribution in [0.25, 0.3) is 28.0 Å². The van der Waals surface area contributed by atoms with Crippen molar-refractivity contribution in [3.63, 3.8) is 0 Å². The summed E-state index contributed by atoms with van der Waals surface area (Å²) in [5, 5.41) is 23.3. The fourth-order valence-electron chi connectivity index (χ4n) is 4.48. The smallest absolute Gasteiger partial charge is 0.326 e. The number of halogens is 3. The van der Waals surface area contributed by atoms with Crippen molar-refractivity contribution in [1.82, 2.24) is 35.2 Å². The molecule has 6 rings (SSSR count). The van der Waals surface area contributed by atoms with E-state index in [9.17, 15) is 22.8 Å². The third-order valence-corrected chi connectivity index (χ3v) is 6.43. The van der Waals surface area contributed by atoms with E-state index in [1.807, 2.05) is 12.1 Å². The lowest BCUT2D eigenvalue weighted by Crippen LogP contribution is -2.15. The Bertz CT molecular complexity index is 1950. The Labute approximate surface area is 240 Å². The molecule has 2 amide bonds. The number of aromatic nitrogens is 7. The van der Waals surface area contributed by atoms with Crippen LogP contribution in [0.4, 0.5) is 24.5 Å². The second-order valence-electron chi connectivity index (χ2n) is 9.37. The average Bonchev–Trinajstić information content (AvgIpc) is 3.67. The highest BCUT2D eigenvalue weighted by atomic mass is 19.4. The summed E-state index contributed by atoms with van der Waals surface area (Å²) in [5.41, 5.74) is 3.31. The zero-order valence-corrected chi connectivity index (χ0v) is 22.0. The van der Waals surface area contributed by atoms with E-state index in [1.165, 1.54) is 12.1 Å². The van der Waals surface area contributed by atoms with E-state index in [0.717, 1.165) is 17.7 Å². The normalized spacial score (nSPS) is 11.4. The van der Waals surface area contributed by atoms with Gasteiger partial charge >= 0.3 is 6.18 Å². The number of nitrogens with zero attached hydrogens (tertiary/aromatic N) is 6. The highest BCUT2D eigenvalue weighted by Crippen LogP contribution is 2.31. The summed E-state index contributed by atoms with van der Waals surface area (Å²) in [6, 6.07) is 20.1. The lowest BCUT2D eigenvalue weighted by atomic mass is 10.1. The Balaban J connectivity index is 1.24. The number of alkyl halides is 3. The molecule has 0 unspecified atom stereocenters. The van der Waals surface area contributed by atoms with Gasteiger partial charge in [-0.15, -0.1) is 10.2 Å². The van der Waals surface area contributed by atoms with Gasteiger partial charge in [-0.2, -0.15) is 23.5 Å². The molecule has 6 aromatic rings. The largest absolute Gasteiger partial charge is 0.416 e. The van der Waals surface area contributed by atoms with Gasteiger partial charge in [-0.05, 0) is 54.1 Å². The first-order chi connectivity index (χ1) is 20.7. The van der Waals surface area contributed by atoms with Gasteiger partial charge in [0.05, 0.1) is 23.9 Å². The Morgan fingerprint density at radius 2 is 1.63 bits per heavy atom. The predicted molar refractivity (Wildman–Crippen MR) is 150 cm³/mol. The number of hydrogen-bond acceptors (Lipinski definition) is 7. The van der Waals surface area contributed by atoms with E-state index >= 15 is 0 Å². The van der Waals surface area contributed by atoms with Crippen molar-refractivity contribution in [2.45, 2.75) is 12.6 Å². The second-order valence-corrected chi connectivity index (χ2v) is 9.37. The molecule has 0 bridgehead atoms. The van der Waals surface area contributed by atoms with Crippen LogP contribution in [0.15, 0.2) is 91.3 Å². The van der Waals surface area contributed by atoms with Crippen LogP contribution >= 0.6 is 0 Å². The van der Waals surface area contributed by atoms with Gasteiger partial charge in [0.25, 0.3) is 5.91 Å². The van der Waals surface area contributed by atoms with Gasteiger partial charge in [0.1, 0.15) is 0 Å². The Morgan fingerprint density at radius 1 is 0.884 bits per heavy atom. The van der Waals surface area contributed by atoms with Crippen molar-refractivity contribution in [1.29, 1.82) is 0 Å². The number of nitrogens with one attached hydrogen (secondary N) is 3. The number of amides is 2. The fraction of sp³-hybridized carbons (Fsp3) is 0.0690. The molecule has 3 heterocycles. The summed E-state index contributed by atoms with van der Waals surface area (Å²) in [7, 11) is 0. The Morgan fingerprint density at radius 3 is 2.40 bits per heavy atom. The summed E-state index contributed by atoms with van der Waals surface area (Å²) >= 11 is 0. The van der Waals surface area contributed by atoms with Crippen LogP contribution in [0.5, 0.6) is 0 Å². The van der Waals surface area contributed by atoms with Crippen molar-refractivity contribution in [3.8, 4) is 22.4 Å². The zero-order valence-electron chi connectivity index (χ0n) is 22.0. The maximum absolute atomic E-state index is 13.1. The summed E-state index contributed by atoms with van der Waals surface area (Å²) in [6.07, 6.45) is -1.32. The highest BCUT2D eigenvalue weighted by Gasteiger charge is 2.31. The number of carbonyl (C=O) groups is 2. The fourth-order valence-corrected chi connectivity index (χ4v) is 4.48. The minimum absolute atomic E-state index is 0.0399. The van der Waals surface area contributed by atoms with Gasteiger partial charge in [-0.25, -0.2) is 9.50 Å². The summed E-state index contributed by atoms with van der Waals surface area (Å²) in [6.45, 7) is 0. The van der Waals surface area contributed by atoms with Gasteiger partial charge in [0.15, 0.2) is 11.5 Å². The number of hydrogen-bond donors (Lipinski definition) is 3. The van der Waals surface area contributed by atoms with Crippen LogP contribution in [-0.4, -0.2) is 47.0 Å². The van der Waals surface area contributed by atoms with Crippen molar-refractivity contribution in [3.05, 3.63) is 108 Å². The van der Waals surface area contributed by atoms with Gasteiger partial charge in [-0.3, -0.25) is 9.59 Å². The van der Waals surface area contributed by atoms with E-state index in [2.05, 4.69) is 41.3 Å². The molecule has 0 aliphatic heterocycles. The molecule has 0 aliphatic carbocycles. The summed E-state index contributed by atoms with van der Waals surface area (Å²) in [4.78, 5) is 29.6. The lowest BCUT2D eigenvalue weighted by Gasteiger charge is -2.11. The van der Waals surface area contributed by atoms with Crippen LogP contribution < -0.4 is 10.6 Å². The number of carbonyl (C=O) groups excluding carboxylic acids is 2. The van der Waals surface area contributed by atoms with Gasteiger partial charge in [0, 0.05) is 34.3 Å². The second kappa shape index (κ2) is 11.2. The number of fused-ring (bicyclic) bond motifs is 1. The third-order valence-electron chi connectivity index (χ3n) is 6.43. The SMILES string of the molecule is O=C(Cc1nn[nH]n1)Nc1cccc(-c2cnn3c(-c4cccc(NC(=O)c5cccc(C(F)(F)F)c5)c4)ccnc23)c1. The van der Waals surface area contributed by atoms with E-state index in [-0.39, 0.29) is 23.7 Å². The van der Waals surface area contributed by atoms with E-state index < -0.39 is 17.6 Å². The number of rotatable bonds is 7. The Kier molecular flexibility index (Phi) is 7.07. The molecular weight excluding hydrogens is 563 g/mol. The van der Waals surface area contributed by atoms with E-state index in [1.54, 1.807) is 59.4 Å². The maximum atomic E-state index is 13.1. The molecule has 3 N–H and O–H groups in total. The molecule has 0 radical (unpaired) electrons. The molecule has 0 fully saturated rings. The van der Waals surface area contributed by atoms with Gasteiger partial charge in [0.2, 0.25) is 5.91 Å². The van der Waals surface area contributed by atoms with Crippen molar-refractivity contribution in [2.75, 3.05) is 10.6 Å². The lowest BCUT2D eigenvalue weighted by molar-refractivity contribution is -0.137. The van der Waals surface area contributed by atoms with Crippen molar-refractivity contribution < 1.29 is 22.8 Å². The molecule has 11 nitrogen and oxygen atoms in total. The third kappa shape index (κ3) is 5.93. The molecular formula is C29H20F3N9O2. The number of H-pyrrole nitrogens is 1. The van der Waals surface area contributed by atoms with Gasteiger partial charge in [-0.1, -0.05) is 35.5 Å². The monoisotopic (exact) mass is 583 g/mol. The zero-order chi connectivity index (χ0) is 30.0. The minimum Gasteiger partial charge on any atom is -0.326 e. The van der Waals surface area contributed by atoms with E-state index in [4.69, 9.17) is 0 Å². The average molecular weight is 584 g/mol. The first kappa shape index (κ1) is 27.3. The molecule has 3 aromatic carbocycles. The van der Waals surface area contributed by atoms with Crippen LogP contribution in [0.2, 0.25) is 0 Å². The Hall–Kier alpha value is -5.92. The molecule has 214 valence electrons. The molecule has 43 heavy (non-hydrogen) atoms. The van der Waals surface area contributed by atoms with Crippen molar-refractivity contribution in [2.24, 2.45) is 0 Å². The molecule has 0 atom stereocenters. The van der Waals surface area contributed by atoms with Gasteiger partial charge < -0.3 is 10.6 Å². The molecule has 3 aromatic heterocycles. The summed E-state index contributed by atoms with van der Waals surface area (Å²) in [5.74, 6) is -0.708. The minimum atomic E-state index is -4.56. The van der Waals surface area contributed by atoms with Crippen molar-refractivity contribution >= 4 is 28.8 Å².